The minimum absolute atomic E-state index is 0.0269. The molecule has 5 aromatic rings. The van der Waals surface area contributed by atoms with Gasteiger partial charge in [0.25, 0.3) is 0 Å². The van der Waals surface area contributed by atoms with Gasteiger partial charge >= 0.3 is 5.69 Å². The van der Waals surface area contributed by atoms with Crippen LogP contribution >= 0.6 is 23.2 Å². The normalized spacial score (nSPS) is 10.6. The number of hydrogen-bond donors (Lipinski definition) is 3. The van der Waals surface area contributed by atoms with Crippen LogP contribution in [0.15, 0.2) is 102 Å². The molecule has 0 amide bonds. The van der Waals surface area contributed by atoms with Gasteiger partial charge in [0.1, 0.15) is 0 Å². The predicted octanol–water partition coefficient (Wildman–Crippen LogP) is 7.42. The summed E-state index contributed by atoms with van der Waals surface area (Å²) in [6.45, 7) is 0. The zero-order valence-electron chi connectivity index (χ0n) is 23.0. The van der Waals surface area contributed by atoms with E-state index in [9.17, 15) is 19.8 Å². The van der Waals surface area contributed by atoms with E-state index in [1.807, 2.05) is 12.1 Å². The van der Waals surface area contributed by atoms with Crippen LogP contribution in [0.2, 0.25) is 10.0 Å². The summed E-state index contributed by atoms with van der Waals surface area (Å²) >= 11 is 11.7. The van der Waals surface area contributed by atoms with Crippen molar-refractivity contribution in [2.75, 3.05) is 14.2 Å². The third-order valence-corrected chi connectivity index (χ3v) is 6.64. The maximum atomic E-state index is 11.9. The second-order valence-electron chi connectivity index (χ2n) is 9.01. The van der Waals surface area contributed by atoms with Crippen LogP contribution in [0, 0.1) is 0 Å². The molecule has 218 valence electrons. The minimum Gasteiger partial charge on any atom is -0.504 e. The number of allylic oxidation sites excluding steroid dienone is 1. The number of rotatable bonds is 7. The molecule has 3 N–H and O–H groups in total. The summed E-state index contributed by atoms with van der Waals surface area (Å²) in [5, 5.41) is 20.4. The molecule has 0 bridgehead atoms. The number of benzene rings is 4. The van der Waals surface area contributed by atoms with Crippen molar-refractivity contribution in [1.82, 2.24) is 9.97 Å². The number of carbonyl (C=O) groups excluding carboxylic acids is 1. The molecular weight excluding hydrogens is 591 g/mol. The molecule has 8 nitrogen and oxygen atoms in total. The maximum absolute atomic E-state index is 11.9. The molecule has 0 atom stereocenters. The van der Waals surface area contributed by atoms with Crippen LogP contribution in [-0.2, 0) is 0 Å². The smallest absolute Gasteiger partial charge is 0.345 e. The van der Waals surface area contributed by atoms with E-state index in [1.54, 1.807) is 72.8 Å². The number of ketones is 1. The summed E-state index contributed by atoms with van der Waals surface area (Å²) in [5.41, 5.74) is 3.47. The standard InChI is InChI=1S/C17H13ClN2O3.C16H13ClO3/c1-23-16-8-11(4-7-15(16)21)14-9-13(19-17(22)20-14)10-2-5-12(18)6-3-10;1-20-16-10-11(3-9-15(16)19)2-8-14(18)12-4-6-13(17)7-5-12/h2-9,21H,1H3,(H,19,20,22);2-10,19H,1H3/b;8-2+. The fraction of sp³-hybridized carbons (Fsp3) is 0.0606. The maximum Gasteiger partial charge on any atom is 0.345 e. The molecule has 0 radical (unpaired) electrons. The molecule has 43 heavy (non-hydrogen) atoms. The van der Waals surface area contributed by atoms with E-state index in [0.717, 1.165) is 11.1 Å². The lowest BCUT2D eigenvalue weighted by atomic mass is 10.1. The van der Waals surface area contributed by atoms with Gasteiger partial charge in [0.15, 0.2) is 28.8 Å². The fourth-order valence-corrected chi connectivity index (χ4v) is 4.16. The molecule has 0 spiro atoms. The van der Waals surface area contributed by atoms with Crippen molar-refractivity contribution in [3.63, 3.8) is 0 Å². The Morgan fingerprint density at radius 3 is 1.95 bits per heavy atom. The molecule has 0 aliphatic rings. The SMILES string of the molecule is COc1cc(-c2cc(-c3ccc(Cl)cc3)[nH]c(=O)n2)ccc1O.COc1cc(/C=C/C(=O)c2ccc(Cl)cc2)ccc1O. The van der Waals surface area contributed by atoms with E-state index in [2.05, 4.69) is 9.97 Å². The van der Waals surface area contributed by atoms with E-state index in [0.29, 0.717) is 44.1 Å². The average Bonchev–Trinajstić information content (AvgIpc) is 3.01. The first-order valence-electron chi connectivity index (χ1n) is 12.8. The van der Waals surface area contributed by atoms with Crippen molar-refractivity contribution in [2.24, 2.45) is 0 Å². The number of methoxy groups -OCH3 is 2. The Bertz CT molecular complexity index is 1820. The molecule has 4 aromatic carbocycles. The Hall–Kier alpha value is -5.05. The molecule has 10 heteroatoms. The first-order chi connectivity index (χ1) is 20.7. The monoisotopic (exact) mass is 616 g/mol. The van der Waals surface area contributed by atoms with E-state index in [4.69, 9.17) is 32.7 Å². The van der Waals surface area contributed by atoms with Crippen LogP contribution in [0.5, 0.6) is 23.0 Å². The average molecular weight is 617 g/mol. The number of aromatic nitrogens is 2. The van der Waals surface area contributed by atoms with Crippen molar-refractivity contribution >= 4 is 35.1 Å². The minimum atomic E-state index is -0.459. The Kier molecular flexibility index (Phi) is 10.2. The lowest BCUT2D eigenvalue weighted by molar-refractivity contribution is 0.104. The van der Waals surface area contributed by atoms with Crippen LogP contribution in [-0.4, -0.2) is 40.2 Å². The van der Waals surface area contributed by atoms with Gasteiger partial charge in [-0.3, -0.25) is 4.79 Å². The number of nitrogens with one attached hydrogen (secondary N) is 1. The molecule has 5 rings (SSSR count). The lowest BCUT2D eigenvalue weighted by Crippen LogP contribution is -2.11. The molecule has 0 unspecified atom stereocenters. The van der Waals surface area contributed by atoms with Crippen LogP contribution in [0.25, 0.3) is 28.6 Å². The highest BCUT2D eigenvalue weighted by Gasteiger charge is 2.09. The summed E-state index contributed by atoms with van der Waals surface area (Å²) in [7, 11) is 2.94. The van der Waals surface area contributed by atoms with E-state index >= 15 is 0 Å². The van der Waals surface area contributed by atoms with Crippen molar-refractivity contribution in [1.29, 1.82) is 0 Å². The quantitative estimate of drug-likeness (QED) is 0.128. The summed E-state index contributed by atoms with van der Waals surface area (Å²) < 4.78 is 10.1. The summed E-state index contributed by atoms with van der Waals surface area (Å²) in [6.07, 6.45) is 3.13. The molecule has 0 aliphatic carbocycles. The molecule has 0 aliphatic heterocycles. The Labute approximate surface area is 257 Å². The van der Waals surface area contributed by atoms with E-state index in [1.165, 1.54) is 32.4 Å². The predicted molar refractivity (Wildman–Crippen MR) is 168 cm³/mol. The molecule has 1 aromatic heterocycles. The second kappa shape index (κ2) is 14.2. The highest BCUT2D eigenvalue weighted by atomic mass is 35.5. The van der Waals surface area contributed by atoms with E-state index < -0.39 is 5.69 Å². The third-order valence-electron chi connectivity index (χ3n) is 6.14. The largest absolute Gasteiger partial charge is 0.504 e. The molecular formula is C33H26Cl2N2O6. The Balaban J connectivity index is 0.000000199. The van der Waals surface area contributed by atoms with Gasteiger partial charge < -0.3 is 24.7 Å². The van der Waals surface area contributed by atoms with Gasteiger partial charge in [-0.05, 0) is 90.0 Å². The fourth-order valence-electron chi connectivity index (χ4n) is 3.91. The topological polar surface area (TPSA) is 122 Å². The number of aromatic hydroxyl groups is 2. The zero-order chi connectivity index (χ0) is 30.9. The first-order valence-corrected chi connectivity index (χ1v) is 13.5. The summed E-state index contributed by atoms with van der Waals surface area (Å²) in [6, 6.07) is 25.2. The number of hydrogen-bond acceptors (Lipinski definition) is 7. The van der Waals surface area contributed by atoms with Gasteiger partial charge in [-0.2, -0.15) is 4.98 Å². The summed E-state index contributed by atoms with van der Waals surface area (Å²) in [4.78, 5) is 30.5. The number of nitrogens with zero attached hydrogens (tertiary/aromatic N) is 1. The van der Waals surface area contributed by atoms with Crippen LogP contribution in [0.3, 0.4) is 0 Å². The first kappa shape index (κ1) is 30.9. The van der Waals surface area contributed by atoms with Crippen molar-refractivity contribution < 1.29 is 24.5 Å². The number of aromatic amines is 1. The van der Waals surface area contributed by atoms with Gasteiger partial charge in [-0.15, -0.1) is 0 Å². The zero-order valence-corrected chi connectivity index (χ0v) is 24.6. The van der Waals surface area contributed by atoms with Crippen LogP contribution in [0.1, 0.15) is 15.9 Å². The molecule has 0 saturated carbocycles. The lowest BCUT2D eigenvalue weighted by Gasteiger charge is -2.08. The van der Waals surface area contributed by atoms with Gasteiger partial charge in [0, 0.05) is 21.2 Å². The number of H-pyrrole nitrogens is 1. The highest BCUT2D eigenvalue weighted by molar-refractivity contribution is 6.31. The van der Waals surface area contributed by atoms with Crippen molar-refractivity contribution in [3.8, 4) is 45.5 Å². The molecule has 0 saturated heterocycles. The Morgan fingerprint density at radius 1 is 0.767 bits per heavy atom. The van der Waals surface area contributed by atoms with Gasteiger partial charge in [-0.25, -0.2) is 4.79 Å². The second-order valence-corrected chi connectivity index (χ2v) is 9.89. The number of phenols is 2. The number of carbonyl (C=O) groups is 1. The summed E-state index contributed by atoms with van der Waals surface area (Å²) in [5.74, 6) is 0.658. The highest BCUT2D eigenvalue weighted by Crippen LogP contribution is 2.31. The number of ether oxygens (including phenoxy) is 2. The van der Waals surface area contributed by atoms with Crippen LogP contribution < -0.4 is 15.2 Å². The Morgan fingerprint density at radius 2 is 1.33 bits per heavy atom. The third kappa shape index (κ3) is 8.25. The van der Waals surface area contributed by atoms with E-state index in [-0.39, 0.29) is 17.3 Å². The number of halogens is 2. The van der Waals surface area contributed by atoms with Crippen molar-refractivity contribution in [2.45, 2.75) is 0 Å². The van der Waals surface area contributed by atoms with Gasteiger partial charge in [-0.1, -0.05) is 47.5 Å². The van der Waals surface area contributed by atoms with Gasteiger partial charge in [0.05, 0.1) is 25.6 Å². The molecule has 0 fully saturated rings. The number of phenolic OH excluding ortho intramolecular Hbond substituents is 2. The van der Waals surface area contributed by atoms with Crippen LogP contribution in [0.4, 0.5) is 0 Å². The molecule has 1 heterocycles. The van der Waals surface area contributed by atoms with Crippen molar-refractivity contribution in [3.05, 3.63) is 129 Å². The van der Waals surface area contributed by atoms with Gasteiger partial charge in [0.2, 0.25) is 0 Å².